The summed E-state index contributed by atoms with van der Waals surface area (Å²) < 4.78 is 5.29. The van der Waals surface area contributed by atoms with E-state index in [1.54, 1.807) is 16.8 Å². The fourth-order valence-corrected chi connectivity index (χ4v) is 3.36. The number of carbonyl (C=O) groups is 1. The largest absolute Gasteiger partial charge is 0.444 e. The lowest BCUT2D eigenvalue weighted by Crippen LogP contribution is -2.43. The summed E-state index contributed by atoms with van der Waals surface area (Å²) in [5, 5.41) is 12.8. The highest BCUT2D eigenvalue weighted by Crippen LogP contribution is 2.42. The van der Waals surface area contributed by atoms with E-state index in [9.17, 15) is 9.90 Å². The van der Waals surface area contributed by atoms with Crippen molar-refractivity contribution in [3.63, 3.8) is 0 Å². The van der Waals surface area contributed by atoms with E-state index in [1.165, 1.54) is 12.8 Å². The number of aliphatic hydroxyl groups is 1. The Bertz CT molecular complexity index is 480. The molecule has 2 N–H and O–H groups in total. The summed E-state index contributed by atoms with van der Waals surface area (Å²) in [6.45, 7) is 6.00. The highest BCUT2D eigenvalue weighted by Gasteiger charge is 2.37. The topological polar surface area (TPSA) is 71.5 Å². The summed E-state index contributed by atoms with van der Waals surface area (Å²) in [6.07, 6.45) is 5.52. The van der Waals surface area contributed by atoms with Gasteiger partial charge in [-0.15, -0.1) is 11.3 Å². The first-order valence-corrected chi connectivity index (χ1v) is 8.65. The van der Waals surface area contributed by atoms with Crippen molar-refractivity contribution >= 4 is 17.4 Å². The maximum absolute atomic E-state index is 11.9. The van der Waals surface area contributed by atoms with E-state index < -0.39 is 11.7 Å². The quantitative estimate of drug-likeness (QED) is 0.808. The van der Waals surface area contributed by atoms with Gasteiger partial charge in [-0.25, -0.2) is 4.79 Å². The molecule has 0 saturated heterocycles. The molecular weight excluding hydrogens is 300 g/mol. The molecule has 1 fully saturated rings. The van der Waals surface area contributed by atoms with Gasteiger partial charge >= 0.3 is 6.09 Å². The van der Waals surface area contributed by atoms with E-state index in [2.05, 4.69) is 10.3 Å². The summed E-state index contributed by atoms with van der Waals surface area (Å²) in [5.41, 5.74) is 0.959. The molecule has 1 heterocycles. The zero-order valence-electron chi connectivity index (χ0n) is 13.6. The Morgan fingerprint density at radius 1 is 1.50 bits per heavy atom. The average Bonchev–Trinajstić information content (AvgIpc) is 3.08. The molecule has 1 saturated carbocycles. The minimum Gasteiger partial charge on any atom is -0.444 e. The number of amides is 1. The maximum atomic E-state index is 11.9. The summed E-state index contributed by atoms with van der Waals surface area (Å²) in [4.78, 5) is 17.1. The van der Waals surface area contributed by atoms with Gasteiger partial charge in [0.15, 0.2) is 0 Å². The van der Waals surface area contributed by atoms with E-state index in [0.29, 0.717) is 12.5 Å². The van der Waals surface area contributed by atoms with Crippen LogP contribution < -0.4 is 5.32 Å². The Morgan fingerprint density at radius 3 is 2.73 bits per heavy atom. The van der Waals surface area contributed by atoms with Gasteiger partial charge in [0.05, 0.1) is 12.1 Å². The van der Waals surface area contributed by atoms with Crippen molar-refractivity contribution in [3.8, 4) is 0 Å². The summed E-state index contributed by atoms with van der Waals surface area (Å²) in [7, 11) is 0. The SMILES string of the molecule is CC(C)(C)OC(=O)NCC(CO)(Cc1cncs1)CC1CC1. The molecule has 1 aliphatic carbocycles. The second-order valence-electron chi connectivity index (χ2n) is 7.31. The number of carbonyl (C=O) groups excluding carboxylic acids is 1. The van der Waals surface area contributed by atoms with Crippen LogP contribution in [0, 0.1) is 11.3 Å². The zero-order chi connectivity index (χ0) is 16.2. The lowest BCUT2D eigenvalue weighted by molar-refractivity contribution is 0.0450. The summed E-state index contributed by atoms with van der Waals surface area (Å²) in [6, 6.07) is 0. The maximum Gasteiger partial charge on any atom is 0.407 e. The molecule has 0 aliphatic heterocycles. The van der Waals surface area contributed by atoms with Crippen molar-refractivity contribution in [2.45, 2.75) is 52.1 Å². The van der Waals surface area contributed by atoms with Crippen LogP contribution in [0.25, 0.3) is 0 Å². The lowest BCUT2D eigenvalue weighted by Gasteiger charge is -2.32. The van der Waals surface area contributed by atoms with Crippen LogP contribution in [0.2, 0.25) is 0 Å². The fraction of sp³-hybridized carbons (Fsp3) is 0.750. The van der Waals surface area contributed by atoms with Crippen molar-refractivity contribution in [3.05, 3.63) is 16.6 Å². The van der Waals surface area contributed by atoms with E-state index >= 15 is 0 Å². The number of aromatic nitrogens is 1. The Morgan fingerprint density at radius 2 is 2.23 bits per heavy atom. The molecule has 0 spiro atoms. The minimum atomic E-state index is -0.514. The van der Waals surface area contributed by atoms with Gasteiger partial charge < -0.3 is 15.2 Å². The number of aliphatic hydroxyl groups excluding tert-OH is 1. The van der Waals surface area contributed by atoms with Gasteiger partial charge in [-0.3, -0.25) is 4.98 Å². The van der Waals surface area contributed by atoms with Gasteiger partial charge in [-0.2, -0.15) is 0 Å². The number of nitrogens with zero attached hydrogens (tertiary/aromatic N) is 1. The van der Waals surface area contributed by atoms with Crippen LogP contribution in [0.4, 0.5) is 4.79 Å². The standard InChI is InChI=1S/C16H26N2O3S/c1-15(2,3)21-14(20)18-9-16(10-19,6-12-4-5-12)7-13-8-17-11-22-13/h8,11-12,19H,4-7,9-10H2,1-3H3,(H,18,20). The third kappa shape index (κ3) is 5.57. The average molecular weight is 326 g/mol. The molecule has 1 aromatic heterocycles. The van der Waals surface area contributed by atoms with Crippen LogP contribution in [-0.4, -0.2) is 34.9 Å². The van der Waals surface area contributed by atoms with Crippen molar-refractivity contribution < 1.29 is 14.6 Å². The number of thiazole rings is 1. The highest BCUT2D eigenvalue weighted by atomic mass is 32.1. The zero-order valence-corrected chi connectivity index (χ0v) is 14.4. The molecule has 1 aliphatic rings. The van der Waals surface area contributed by atoms with Crippen LogP contribution in [-0.2, 0) is 11.2 Å². The number of rotatable bonds is 7. The Kier molecular flexibility index (Phi) is 5.45. The first-order valence-electron chi connectivity index (χ1n) is 7.77. The number of ether oxygens (including phenoxy) is 1. The molecule has 1 unspecified atom stereocenters. The Balaban J connectivity index is 1.98. The van der Waals surface area contributed by atoms with E-state index in [4.69, 9.17) is 4.74 Å². The molecule has 2 rings (SSSR count). The molecule has 5 nitrogen and oxygen atoms in total. The molecule has 0 bridgehead atoms. The smallest absolute Gasteiger partial charge is 0.407 e. The molecular formula is C16H26N2O3S. The van der Waals surface area contributed by atoms with Gasteiger partial charge in [-0.1, -0.05) is 12.8 Å². The normalized spacial score (nSPS) is 17.8. The fourth-order valence-electron chi connectivity index (χ4n) is 2.59. The Labute approximate surface area is 136 Å². The van der Waals surface area contributed by atoms with Gasteiger partial charge in [0, 0.05) is 23.0 Å². The number of alkyl carbamates (subject to hydrolysis) is 1. The van der Waals surface area contributed by atoms with Crippen LogP contribution >= 0.6 is 11.3 Å². The monoisotopic (exact) mass is 326 g/mol. The van der Waals surface area contributed by atoms with Crippen LogP contribution in [0.5, 0.6) is 0 Å². The molecule has 1 aromatic rings. The van der Waals surface area contributed by atoms with Crippen molar-refractivity contribution in [1.29, 1.82) is 0 Å². The van der Waals surface area contributed by atoms with E-state index in [-0.39, 0.29) is 12.0 Å². The highest BCUT2D eigenvalue weighted by molar-refractivity contribution is 7.09. The van der Waals surface area contributed by atoms with Crippen LogP contribution in [0.3, 0.4) is 0 Å². The van der Waals surface area contributed by atoms with Crippen LogP contribution in [0.15, 0.2) is 11.7 Å². The molecule has 22 heavy (non-hydrogen) atoms. The lowest BCUT2D eigenvalue weighted by atomic mass is 9.79. The molecule has 0 radical (unpaired) electrons. The first kappa shape index (κ1) is 17.2. The Hall–Kier alpha value is -1.14. The number of hydrogen-bond donors (Lipinski definition) is 2. The van der Waals surface area contributed by atoms with E-state index in [0.717, 1.165) is 17.7 Å². The van der Waals surface area contributed by atoms with Gasteiger partial charge in [-0.05, 0) is 39.5 Å². The van der Waals surface area contributed by atoms with E-state index in [1.807, 2.05) is 27.0 Å². The third-order valence-corrected chi connectivity index (χ3v) is 4.57. The van der Waals surface area contributed by atoms with Crippen molar-refractivity contribution in [1.82, 2.24) is 10.3 Å². The molecule has 1 amide bonds. The molecule has 124 valence electrons. The second-order valence-corrected chi connectivity index (χ2v) is 8.28. The first-order chi connectivity index (χ1) is 10.3. The van der Waals surface area contributed by atoms with Crippen LogP contribution in [0.1, 0.15) is 44.9 Å². The summed E-state index contributed by atoms with van der Waals surface area (Å²) in [5.74, 6) is 0.667. The van der Waals surface area contributed by atoms with Gasteiger partial charge in [0.1, 0.15) is 5.60 Å². The molecule has 1 atom stereocenters. The molecule has 6 heteroatoms. The van der Waals surface area contributed by atoms with Gasteiger partial charge in [0.25, 0.3) is 0 Å². The predicted molar refractivity (Wildman–Crippen MR) is 86.9 cm³/mol. The second kappa shape index (κ2) is 6.96. The summed E-state index contributed by atoms with van der Waals surface area (Å²) >= 11 is 1.59. The number of hydrogen-bond acceptors (Lipinski definition) is 5. The minimum absolute atomic E-state index is 0.0528. The van der Waals surface area contributed by atoms with Crippen molar-refractivity contribution in [2.24, 2.45) is 11.3 Å². The predicted octanol–water partition coefficient (Wildman–Crippen LogP) is 2.99. The number of nitrogens with one attached hydrogen (secondary N) is 1. The third-order valence-electron chi connectivity index (χ3n) is 3.79. The van der Waals surface area contributed by atoms with Gasteiger partial charge in [0.2, 0.25) is 0 Å². The molecule has 0 aromatic carbocycles. The van der Waals surface area contributed by atoms with Crippen molar-refractivity contribution in [2.75, 3.05) is 13.2 Å².